The minimum atomic E-state index is -0.909. The smallest absolute Gasteiger partial charge is 0.328 e. The van der Waals surface area contributed by atoms with E-state index in [1.54, 1.807) is 0 Å². The van der Waals surface area contributed by atoms with Gasteiger partial charge >= 0.3 is 5.69 Å². The predicted octanol–water partition coefficient (Wildman–Crippen LogP) is -0.850. The third kappa shape index (κ3) is 2.40. The van der Waals surface area contributed by atoms with Gasteiger partial charge in [-0.3, -0.25) is 14.3 Å². The molecule has 0 aliphatic carbocycles. The van der Waals surface area contributed by atoms with Crippen LogP contribution in [0, 0.1) is 6.92 Å². The fourth-order valence-corrected chi connectivity index (χ4v) is 1.25. The standard InChI is InChI=1S/C8H11ClN2O4/c1-4-6(13)7(14)10-8(15)11(4)3-5(12)2-9/h5,12-13H,2-3H2,1H3,(H,10,14,15). The summed E-state index contributed by atoms with van der Waals surface area (Å²) in [5.41, 5.74) is -1.42. The van der Waals surface area contributed by atoms with E-state index in [2.05, 4.69) is 0 Å². The summed E-state index contributed by atoms with van der Waals surface area (Å²) in [6, 6.07) is 0. The third-order valence-corrected chi connectivity index (χ3v) is 2.36. The van der Waals surface area contributed by atoms with Crippen LogP contribution in [0.2, 0.25) is 0 Å². The topological polar surface area (TPSA) is 95.3 Å². The van der Waals surface area contributed by atoms with Gasteiger partial charge in [-0.05, 0) is 6.92 Å². The molecule has 0 aliphatic rings. The summed E-state index contributed by atoms with van der Waals surface area (Å²) in [4.78, 5) is 24.2. The van der Waals surface area contributed by atoms with Gasteiger partial charge in [0, 0.05) is 0 Å². The second-order valence-corrected chi connectivity index (χ2v) is 3.42. The number of aromatic amines is 1. The van der Waals surface area contributed by atoms with Crippen molar-refractivity contribution in [1.82, 2.24) is 9.55 Å². The molecular formula is C8H11ClN2O4. The lowest BCUT2D eigenvalue weighted by Crippen LogP contribution is -2.35. The van der Waals surface area contributed by atoms with Crippen LogP contribution in [-0.4, -0.2) is 31.7 Å². The van der Waals surface area contributed by atoms with Gasteiger partial charge in [-0.25, -0.2) is 4.79 Å². The van der Waals surface area contributed by atoms with Crippen molar-refractivity contribution in [3.63, 3.8) is 0 Å². The second kappa shape index (κ2) is 4.50. The highest BCUT2D eigenvalue weighted by Gasteiger charge is 2.12. The van der Waals surface area contributed by atoms with Crippen molar-refractivity contribution in [3.05, 3.63) is 26.5 Å². The molecule has 0 saturated heterocycles. The summed E-state index contributed by atoms with van der Waals surface area (Å²) in [6.45, 7) is 1.34. The maximum atomic E-state index is 11.3. The molecule has 0 saturated carbocycles. The van der Waals surface area contributed by atoms with Crippen LogP contribution in [0.25, 0.3) is 0 Å². The minimum Gasteiger partial charge on any atom is -0.502 e. The lowest BCUT2D eigenvalue weighted by molar-refractivity contribution is 0.173. The summed E-state index contributed by atoms with van der Waals surface area (Å²) in [7, 11) is 0. The Hall–Kier alpha value is -1.27. The number of nitrogens with one attached hydrogen (secondary N) is 1. The van der Waals surface area contributed by atoms with Crippen LogP contribution >= 0.6 is 11.6 Å². The first-order valence-electron chi connectivity index (χ1n) is 4.24. The van der Waals surface area contributed by atoms with Crippen LogP contribution in [0.15, 0.2) is 9.59 Å². The molecule has 15 heavy (non-hydrogen) atoms. The molecule has 1 aromatic rings. The molecule has 84 valence electrons. The number of aliphatic hydroxyl groups excluding tert-OH is 1. The summed E-state index contributed by atoms with van der Waals surface area (Å²) in [6.07, 6.45) is -0.909. The average molecular weight is 235 g/mol. The van der Waals surface area contributed by atoms with Crippen LogP contribution in [0.1, 0.15) is 5.69 Å². The lowest BCUT2D eigenvalue weighted by Gasteiger charge is -2.12. The number of hydrogen-bond acceptors (Lipinski definition) is 4. The largest absolute Gasteiger partial charge is 0.502 e. The molecule has 1 unspecified atom stereocenters. The summed E-state index contributed by atoms with van der Waals surface area (Å²) >= 11 is 5.38. The van der Waals surface area contributed by atoms with Crippen LogP contribution < -0.4 is 11.2 Å². The van der Waals surface area contributed by atoms with E-state index < -0.39 is 23.1 Å². The van der Waals surface area contributed by atoms with Crippen LogP contribution in [0.5, 0.6) is 5.75 Å². The van der Waals surface area contributed by atoms with Gasteiger partial charge in [0.1, 0.15) is 0 Å². The van der Waals surface area contributed by atoms with Crippen LogP contribution in [-0.2, 0) is 6.54 Å². The van der Waals surface area contributed by atoms with Crippen molar-refractivity contribution in [3.8, 4) is 5.75 Å². The Kier molecular flexibility index (Phi) is 3.54. The van der Waals surface area contributed by atoms with E-state index in [0.29, 0.717) is 0 Å². The zero-order valence-electron chi connectivity index (χ0n) is 8.03. The number of hydrogen-bond donors (Lipinski definition) is 3. The fraction of sp³-hybridized carbons (Fsp3) is 0.500. The van der Waals surface area contributed by atoms with E-state index in [1.165, 1.54) is 6.92 Å². The molecule has 0 aliphatic heterocycles. The van der Waals surface area contributed by atoms with Crippen molar-refractivity contribution in [1.29, 1.82) is 0 Å². The monoisotopic (exact) mass is 234 g/mol. The van der Waals surface area contributed by atoms with E-state index in [4.69, 9.17) is 11.6 Å². The first kappa shape index (κ1) is 11.8. The molecule has 0 aromatic carbocycles. The number of aromatic hydroxyl groups is 1. The van der Waals surface area contributed by atoms with Gasteiger partial charge in [0.15, 0.2) is 0 Å². The minimum absolute atomic E-state index is 0.0359. The number of alkyl halides is 1. The Balaban J connectivity index is 3.24. The second-order valence-electron chi connectivity index (χ2n) is 3.11. The van der Waals surface area contributed by atoms with Crippen molar-refractivity contribution in [2.45, 2.75) is 19.6 Å². The van der Waals surface area contributed by atoms with Gasteiger partial charge in [-0.2, -0.15) is 0 Å². The molecule has 7 heteroatoms. The molecule has 0 bridgehead atoms. The molecule has 1 aromatic heterocycles. The van der Waals surface area contributed by atoms with Crippen molar-refractivity contribution in [2.75, 3.05) is 5.88 Å². The first-order chi connectivity index (χ1) is 6.97. The number of nitrogens with zero attached hydrogens (tertiary/aromatic N) is 1. The molecular weight excluding hydrogens is 224 g/mol. The Morgan fingerprint density at radius 3 is 2.67 bits per heavy atom. The maximum Gasteiger partial charge on any atom is 0.328 e. The molecule has 0 spiro atoms. The molecule has 3 N–H and O–H groups in total. The maximum absolute atomic E-state index is 11.3. The Bertz CT molecular complexity index is 465. The predicted molar refractivity (Wildman–Crippen MR) is 54.5 cm³/mol. The number of H-pyrrole nitrogens is 1. The van der Waals surface area contributed by atoms with Crippen LogP contribution in [0.3, 0.4) is 0 Å². The summed E-state index contributed by atoms with van der Waals surface area (Å²) < 4.78 is 1.06. The molecule has 1 rings (SSSR count). The zero-order chi connectivity index (χ0) is 11.6. The van der Waals surface area contributed by atoms with Gasteiger partial charge in [-0.15, -0.1) is 11.6 Å². The van der Waals surface area contributed by atoms with Gasteiger partial charge in [0.25, 0.3) is 5.56 Å². The van der Waals surface area contributed by atoms with E-state index >= 15 is 0 Å². The van der Waals surface area contributed by atoms with Crippen molar-refractivity contribution >= 4 is 11.6 Å². The quantitative estimate of drug-likeness (QED) is 0.594. The lowest BCUT2D eigenvalue weighted by atomic mass is 10.3. The summed E-state index contributed by atoms with van der Waals surface area (Å²) in [5.74, 6) is -0.567. The van der Waals surface area contributed by atoms with Gasteiger partial charge in [0.05, 0.1) is 24.2 Å². The van der Waals surface area contributed by atoms with Crippen molar-refractivity contribution in [2.24, 2.45) is 0 Å². The molecule has 0 radical (unpaired) electrons. The Morgan fingerprint density at radius 1 is 1.53 bits per heavy atom. The number of rotatable bonds is 3. The molecule has 1 heterocycles. The van der Waals surface area contributed by atoms with E-state index in [9.17, 15) is 19.8 Å². The van der Waals surface area contributed by atoms with Gasteiger partial charge in [0.2, 0.25) is 5.75 Å². The van der Waals surface area contributed by atoms with Crippen LogP contribution in [0.4, 0.5) is 0 Å². The molecule has 1 atom stereocenters. The molecule has 0 fully saturated rings. The SMILES string of the molecule is Cc1c(O)c(=O)[nH]c(=O)n1CC(O)CCl. The third-order valence-electron chi connectivity index (χ3n) is 2.00. The van der Waals surface area contributed by atoms with Crippen molar-refractivity contribution < 1.29 is 10.2 Å². The van der Waals surface area contributed by atoms with E-state index in [-0.39, 0.29) is 18.1 Å². The Morgan fingerprint density at radius 2 is 2.13 bits per heavy atom. The highest BCUT2D eigenvalue weighted by Crippen LogP contribution is 2.06. The fourth-order valence-electron chi connectivity index (χ4n) is 1.15. The number of aromatic nitrogens is 2. The van der Waals surface area contributed by atoms with E-state index in [1.807, 2.05) is 4.98 Å². The van der Waals surface area contributed by atoms with E-state index in [0.717, 1.165) is 4.57 Å². The highest BCUT2D eigenvalue weighted by atomic mass is 35.5. The molecule has 0 amide bonds. The highest BCUT2D eigenvalue weighted by molar-refractivity contribution is 6.18. The number of aliphatic hydroxyl groups is 1. The van der Waals surface area contributed by atoms with Gasteiger partial charge in [-0.1, -0.05) is 0 Å². The number of halogens is 1. The average Bonchev–Trinajstić information content (AvgIpc) is 2.21. The first-order valence-corrected chi connectivity index (χ1v) is 4.77. The summed E-state index contributed by atoms with van der Waals surface area (Å²) in [5, 5.41) is 18.5. The van der Waals surface area contributed by atoms with Gasteiger partial charge < -0.3 is 10.2 Å². The Labute approximate surface area is 89.8 Å². The molecule has 6 nitrogen and oxygen atoms in total. The zero-order valence-corrected chi connectivity index (χ0v) is 8.78. The normalized spacial score (nSPS) is 12.7.